The summed E-state index contributed by atoms with van der Waals surface area (Å²) in [4.78, 5) is 0. The maximum Gasteiger partial charge on any atom is 0.209 e. The van der Waals surface area contributed by atoms with Crippen LogP contribution < -0.4 is 4.72 Å². The molecule has 0 saturated carbocycles. The molecule has 0 aliphatic carbocycles. The Hall–Kier alpha value is -1.85. The van der Waals surface area contributed by atoms with Gasteiger partial charge in [-0.1, -0.05) is 36.4 Å². The van der Waals surface area contributed by atoms with Crippen LogP contribution in [-0.2, 0) is 10.0 Å². The lowest BCUT2D eigenvalue weighted by molar-refractivity contribution is 0.551. The normalized spacial score (nSPS) is 14.2. The van der Waals surface area contributed by atoms with E-state index in [1.54, 1.807) is 12.3 Å². The zero-order valence-electron chi connectivity index (χ0n) is 11.4. The SMILES string of the molecule is C/C(=C\[C@@H](NS(C)(=O)=O)c1ccccc1)c1ccco1. The molecule has 0 radical (unpaired) electrons. The molecule has 2 rings (SSSR count). The van der Waals surface area contributed by atoms with Crippen molar-refractivity contribution in [2.75, 3.05) is 6.26 Å². The van der Waals surface area contributed by atoms with E-state index in [9.17, 15) is 8.42 Å². The van der Waals surface area contributed by atoms with Gasteiger partial charge < -0.3 is 4.42 Å². The van der Waals surface area contributed by atoms with Crippen LogP contribution in [0.4, 0.5) is 0 Å². The molecular weight excluding hydrogens is 274 g/mol. The Bertz CT molecular complexity index is 673. The first kappa shape index (κ1) is 14.6. The number of sulfonamides is 1. The topological polar surface area (TPSA) is 59.3 Å². The molecule has 0 saturated heterocycles. The van der Waals surface area contributed by atoms with Gasteiger partial charge in [0, 0.05) is 0 Å². The minimum absolute atomic E-state index is 0.420. The van der Waals surface area contributed by atoms with Gasteiger partial charge in [0.15, 0.2) is 0 Å². The second kappa shape index (κ2) is 6.07. The lowest BCUT2D eigenvalue weighted by atomic mass is 10.0. The van der Waals surface area contributed by atoms with Crippen molar-refractivity contribution < 1.29 is 12.8 Å². The van der Waals surface area contributed by atoms with Crippen molar-refractivity contribution in [1.29, 1.82) is 0 Å². The van der Waals surface area contributed by atoms with Gasteiger partial charge in [0.2, 0.25) is 10.0 Å². The Balaban J connectivity index is 2.35. The largest absolute Gasteiger partial charge is 0.465 e. The van der Waals surface area contributed by atoms with E-state index in [4.69, 9.17) is 4.42 Å². The minimum Gasteiger partial charge on any atom is -0.465 e. The summed E-state index contributed by atoms with van der Waals surface area (Å²) in [7, 11) is -3.31. The van der Waals surface area contributed by atoms with Crippen molar-refractivity contribution in [3.8, 4) is 0 Å². The van der Waals surface area contributed by atoms with Crippen LogP contribution in [0.25, 0.3) is 5.57 Å². The number of hydrogen-bond donors (Lipinski definition) is 1. The molecule has 1 aromatic heterocycles. The Morgan fingerprint density at radius 1 is 1.20 bits per heavy atom. The van der Waals surface area contributed by atoms with Crippen LogP contribution in [0.15, 0.2) is 59.2 Å². The van der Waals surface area contributed by atoms with Crippen LogP contribution in [0.3, 0.4) is 0 Å². The molecule has 5 heteroatoms. The van der Waals surface area contributed by atoms with E-state index < -0.39 is 16.1 Å². The summed E-state index contributed by atoms with van der Waals surface area (Å²) in [6.45, 7) is 1.89. The second-order valence-corrected chi connectivity index (χ2v) is 6.39. The van der Waals surface area contributed by atoms with E-state index in [0.29, 0.717) is 0 Å². The number of hydrogen-bond acceptors (Lipinski definition) is 3. The van der Waals surface area contributed by atoms with E-state index in [1.807, 2.05) is 49.4 Å². The van der Waals surface area contributed by atoms with Crippen molar-refractivity contribution in [2.45, 2.75) is 13.0 Å². The zero-order chi connectivity index (χ0) is 14.6. The van der Waals surface area contributed by atoms with Crippen LogP contribution >= 0.6 is 0 Å². The van der Waals surface area contributed by atoms with Crippen LogP contribution in [0.1, 0.15) is 24.3 Å². The van der Waals surface area contributed by atoms with Gasteiger partial charge in [0.05, 0.1) is 18.6 Å². The Labute approximate surface area is 119 Å². The molecule has 1 aromatic carbocycles. The molecule has 0 bridgehead atoms. The highest BCUT2D eigenvalue weighted by atomic mass is 32.2. The molecule has 1 N–H and O–H groups in total. The van der Waals surface area contributed by atoms with Gasteiger partial charge in [0.1, 0.15) is 5.76 Å². The first-order chi connectivity index (χ1) is 9.46. The second-order valence-electron chi connectivity index (χ2n) is 4.61. The van der Waals surface area contributed by atoms with E-state index >= 15 is 0 Å². The average Bonchev–Trinajstić information content (AvgIpc) is 2.91. The summed E-state index contributed by atoms with van der Waals surface area (Å²) in [5.74, 6) is 0.723. The molecule has 0 aliphatic rings. The quantitative estimate of drug-likeness (QED) is 0.921. The third-order valence-corrected chi connectivity index (χ3v) is 3.51. The maximum atomic E-state index is 11.5. The Morgan fingerprint density at radius 3 is 2.45 bits per heavy atom. The van der Waals surface area contributed by atoms with Crippen molar-refractivity contribution >= 4 is 15.6 Å². The lowest BCUT2D eigenvalue weighted by Gasteiger charge is -2.15. The zero-order valence-corrected chi connectivity index (χ0v) is 12.2. The molecule has 106 valence electrons. The molecule has 0 spiro atoms. The van der Waals surface area contributed by atoms with Gasteiger partial charge in [-0.3, -0.25) is 0 Å². The summed E-state index contributed by atoms with van der Waals surface area (Å²) < 4.78 is 31.0. The number of furan rings is 1. The summed E-state index contributed by atoms with van der Waals surface area (Å²) in [5.41, 5.74) is 1.75. The molecule has 0 fully saturated rings. The smallest absolute Gasteiger partial charge is 0.209 e. The van der Waals surface area contributed by atoms with Crippen molar-refractivity contribution in [1.82, 2.24) is 4.72 Å². The van der Waals surface area contributed by atoms with Crippen molar-refractivity contribution in [3.63, 3.8) is 0 Å². The summed E-state index contributed by atoms with van der Waals surface area (Å²) in [6.07, 6.45) is 4.59. The molecule has 0 unspecified atom stereocenters. The van der Waals surface area contributed by atoms with Gasteiger partial charge in [-0.15, -0.1) is 0 Å². The highest BCUT2D eigenvalue weighted by molar-refractivity contribution is 7.88. The monoisotopic (exact) mass is 291 g/mol. The highest BCUT2D eigenvalue weighted by Gasteiger charge is 2.14. The molecule has 0 amide bonds. The van der Waals surface area contributed by atoms with Crippen LogP contribution in [0.5, 0.6) is 0 Å². The first-order valence-electron chi connectivity index (χ1n) is 6.20. The molecule has 2 aromatic rings. The molecular formula is C15H17NO3S. The highest BCUT2D eigenvalue weighted by Crippen LogP contribution is 2.22. The van der Waals surface area contributed by atoms with E-state index in [0.717, 1.165) is 23.2 Å². The van der Waals surface area contributed by atoms with Crippen molar-refractivity contribution in [3.05, 3.63) is 66.1 Å². The van der Waals surface area contributed by atoms with E-state index in [-0.39, 0.29) is 0 Å². The minimum atomic E-state index is -3.31. The van der Waals surface area contributed by atoms with Crippen LogP contribution in [0.2, 0.25) is 0 Å². The van der Waals surface area contributed by atoms with Gasteiger partial charge >= 0.3 is 0 Å². The van der Waals surface area contributed by atoms with Crippen LogP contribution in [-0.4, -0.2) is 14.7 Å². The first-order valence-corrected chi connectivity index (χ1v) is 8.09. The predicted molar refractivity (Wildman–Crippen MR) is 79.5 cm³/mol. The fourth-order valence-corrected chi connectivity index (χ4v) is 2.59. The van der Waals surface area contributed by atoms with Crippen molar-refractivity contribution in [2.24, 2.45) is 0 Å². The lowest BCUT2D eigenvalue weighted by Crippen LogP contribution is -2.26. The number of rotatable bonds is 5. The summed E-state index contributed by atoms with van der Waals surface area (Å²) in [5, 5.41) is 0. The van der Waals surface area contributed by atoms with Crippen LogP contribution in [0, 0.1) is 0 Å². The Morgan fingerprint density at radius 2 is 1.90 bits per heavy atom. The third-order valence-electron chi connectivity index (χ3n) is 2.83. The van der Waals surface area contributed by atoms with Gasteiger partial charge in [-0.25, -0.2) is 13.1 Å². The van der Waals surface area contributed by atoms with E-state index in [2.05, 4.69) is 4.72 Å². The molecule has 20 heavy (non-hydrogen) atoms. The summed E-state index contributed by atoms with van der Waals surface area (Å²) >= 11 is 0. The molecule has 1 heterocycles. The van der Waals surface area contributed by atoms with E-state index in [1.165, 1.54) is 0 Å². The number of allylic oxidation sites excluding steroid dienone is 1. The van der Waals surface area contributed by atoms with Gasteiger partial charge in [-0.05, 0) is 30.2 Å². The predicted octanol–water partition coefficient (Wildman–Crippen LogP) is 2.97. The molecule has 4 nitrogen and oxygen atoms in total. The maximum absolute atomic E-state index is 11.5. The van der Waals surface area contributed by atoms with Gasteiger partial charge in [-0.2, -0.15) is 0 Å². The number of benzene rings is 1. The fourth-order valence-electron chi connectivity index (χ4n) is 1.92. The fraction of sp³-hybridized carbons (Fsp3) is 0.200. The molecule has 1 atom stereocenters. The number of nitrogens with one attached hydrogen (secondary N) is 1. The summed E-state index contributed by atoms with van der Waals surface area (Å²) in [6, 6.07) is 12.6. The average molecular weight is 291 g/mol. The third kappa shape index (κ3) is 4.08. The van der Waals surface area contributed by atoms with Gasteiger partial charge in [0.25, 0.3) is 0 Å². The standard InChI is InChI=1S/C15H17NO3S/c1-12(15-9-6-10-19-15)11-14(16-20(2,17)18)13-7-4-3-5-8-13/h3-11,14,16H,1-2H3/b12-11+/t14-/m1/s1. The molecule has 0 aliphatic heterocycles. The Kier molecular flexibility index (Phi) is 4.42.